The van der Waals surface area contributed by atoms with Crippen LogP contribution in [0.3, 0.4) is 0 Å². The predicted molar refractivity (Wildman–Crippen MR) is 39.3 cm³/mol. The summed E-state index contributed by atoms with van der Waals surface area (Å²) in [4.78, 5) is 0.830. The fourth-order valence-corrected chi connectivity index (χ4v) is 1.19. The second-order valence-corrected chi connectivity index (χ2v) is 2.78. The van der Waals surface area contributed by atoms with Gasteiger partial charge in [-0.05, 0) is 18.5 Å². The first-order valence-electron chi connectivity index (χ1n) is 2.92. The van der Waals surface area contributed by atoms with E-state index in [1.165, 1.54) is 11.5 Å². The summed E-state index contributed by atoms with van der Waals surface area (Å²) in [6.07, 6.45) is -0.443. The number of hydrogen-bond acceptors (Lipinski definition) is 4. The molecule has 1 aromatic heterocycles. The Morgan fingerprint density at radius 1 is 1.80 bits per heavy atom. The average molecular weight is 159 g/mol. The molecule has 1 N–H and O–H groups in total. The maximum absolute atomic E-state index is 9.05. The van der Waals surface area contributed by atoms with Crippen molar-refractivity contribution in [3.05, 3.63) is 10.9 Å². The quantitative estimate of drug-likeness (QED) is 0.705. The molecule has 0 bridgehead atoms. The van der Waals surface area contributed by atoms with Crippen molar-refractivity contribution in [3.63, 3.8) is 0 Å². The van der Waals surface area contributed by atoms with Gasteiger partial charge in [-0.2, -0.15) is 4.37 Å². The van der Waals surface area contributed by atoms with E-state index in [0.717, 1.165) is 4.88 Å². The van der Waals surface area contributed by atoms with Gasteiger partial charge in [0.15, 0.2) is 0 Å². The summed E-state index contributed by atoms with van der Waals surface area (Å²) in [5.41, 5.74) is 0. The molecule has 0 radical (unpaired) electrons. The summed E-state index contributed by atoms with van der Waals surface area (Å²) in [6.45, 7) is 1.70. The van der Waals surface area contributed by atoms with Gasteiger partial charge in [0.2, 0.25) is 5.88 Å². The van der Waals surface area contributed by atoms with E-state index in [0.29, 0.717) is 5.88 Å². The molecule has 1 rings (SSSR count). The highest BCUT2D eigenvalue weighted by atomic mass is 32.1. The molecule has 0 saturated heterocycles. The normalized spacial score (nSPS) is 13.1. The Hall–Kier alpha value is -0.610. The van der Waals surface area contributed by atoms with Crippen molar-refractivity contribution < 1.29 is 9.84 Å². The molecular weight excluding hydrogens is 150 g/mol. The number of rotatable bonds is 2. The highest BCUT2D eigenvalue weighted by Crippen LogP contribution is 2.21. The van der Waals surface area contributed by atoms with E-state index in [-0.39, 0.29) is 0 Å². The second kappa shape index (κ2) is 2.98. The summed E-state index contributed by atoms with van der Waals surface area (Å²) < 4.78 is 8.75. The van der Waals surface area contributed by atoms with E-state index >= 15 is 0 Å². The van der Waals surface area contributed by atoms with Crippen LogP contribution in [0.25, 0.3) is 0 Å². The van der Waals surface area contributed by atoms with Crippen LogP contribution in [0.5, 0.6) is 5.88 Å². The van der Waals surface area contributed by atoms with Crippen molar-refractivity contribution in [2.75, 3.05) is 7.11 Å². The number of nitrogens with zero attached hydrogens (tertiary/aromatic N) is 1. The zero-order valence-corrected chi connectivity index (χ0v) is 6.68. The first-order valence-corrected chi connectivity index (χ1v) is 3.70. The van der Waals surface area contributed by atoms with Crippen molar-refractivity contribution in [2.24, 2.45) is 0 Å². The number of aliphatic hydroxyl groups is 1. The minimum atomic E-state index is -0.443. The van der Waals surface area contributed by atoms with Crippen LogP contribution in [0.15, 0.2) is 6.07 Å². The average Bonchev–Trinajstić information content (AvgIpc) is 2.34. The predicted octanol–water partition coefficient (Wildman–Crippen LogP) is 1.20. The summed E-state index contributed by atoms with van der Waals surface area (Å²) in [7, 11) is 1.56. The lowest BCUT2D eigenvalue weighted by molar-refractivity contribution is 0.203. The van der Waals surface area contributed by atoms with Crippen molar-refractivity contribution in [1.29, 1.82) is 0 Å². The number of methoxy groups -OCH3 is 1. The maximum atomic E-state index is 9.05. The highest BCUT2D eigenvalue weighted by Gasteiger charge is 2.05. The monoisotopic (exact) mass is 159 g/mol. The number of ether oxygens (including phenoxy) is 1. The van der Waals surface area contributed by atoms with Crippen molar-refractivity contribution in [2.45, 2.75) is 13.0 Å². The second-order valence-electron chi connectivity index (χ2n) is 1.95. The SMILES string of the molecule is COc1cc([C@H](C)O)sn1. The molecule has 0 aliphatic rings. The molecule has 0 unspecified atom stereocenters. The Morgan fingerprint density at radius 3 is 2.80 bits per heavy atom. The minimum Gasteiger partial charge on any atom is -0.480 e. The minimum absolute atomic E-state index is 0.443. The molecule has 3 nitrogen and oxygen atoms in total. The van der Waals surface area contributed by atoms with Gasteiger partial charge in [0.05, 0.1) is 18.1 Å². The standard InChI is InChI=1S/C6H9NO2S/c1-4(8)5-3-6(9-2)7-10-5/h3-4,8H,1-2H3/t4-/m0/s1. The van der Waals surface area contributed by atoms with Crippen LogP contribution in [0.2, 0.25) is 0 Å². The molecule has 1 atom stereocenters. The van der Waals surface area contributed by atoms with Gasteiger partial charge in [0.25, 0.3) is 0 Å². The van der Waals surface area contributed by atoms with Crippen molar-refractivity contribution in [1.82, 2.24) is 4.37 Å². The van der Waals surface area contributed by atoms with E-state index in [1.807, 2.05) is 0 Å². The highest BCUT2D eigenvalue weighted by molar-refractivity contribution is 7.06. The third-order valence-corrected chi connectivity index (χ3v) is 2.07. The van der Waals surface area contributed by atoms with Crippen molar-refractivity contribution >= 4 is 11.5 Å². The summed E-state index contributed by atoms with van der Waals surface area (Å²) >= 11 is 1.26. The van der Waals surface area contributed by atoms with E-state index in [2.05, 4.69) is 4.37 Å². The summed E-state index contributed by atoms with van der Waals surface area (Å²) in [5.74, 6) is 0.570. The Bertz CT molecular complexity index is 209. The van der Waals surface area contributed by atoms with Crippen LogP contribution < -0.4 is 4.74 Å². The number of aliphatic hydroxyl groups excluding tert-OH is 1. The van der Waals surface area contributed by atoms with Crippen LogP contribution in [0.1, 0.15) is 17.9 Å². The first kappa shape index (κ1) is 7.50. The molecule has 0 amide bonds. The Morgan fingerprint density at radius 2 is 2.50 bits per heavy atom. The topological polar surface area (TPSA) is 42.4 Å². The Kier molecular flexibility index (Phi) is 2.24. The third-order valence-electron chi connectivity index (χ3n) is 1.13. The molecule has 1 heterocycles. The molecule has 0 aromatic carbocycles. The first-order chi connectivity index (χ1) is 4.74. The summed E-state index contributed by atoms with van der Waals surface area (Å²) in [5, 5.41) is 9.05. The molecule has 10 heavy (non-hydrogen) atoms. The zero-order valence-electron chi connectivity index (χ0n) is 5.87. The molecule has 0 fully saturated rings. The van der Waals surface area contributed by atoms with Gasteiger partial charge < -0.3 is 9.84 Å². The third kappa shape index (κ3) is 1.46. The van der Waals surface area contributed by atoms with E-state index < -0.39 is 6.10 Å². The zero-order chi connectivity index (χ0) is 7.56. The number of hydrogen-bond donors (Lipinski definition) is 1. The smallest absolute Gasteiger partial charge is 0.225 e. The summed E-state index contributed by atoms with van der Waals surface area (Å²) in [6, 6.07) is 1.73. The van der Waals surface area contributed by atoms with E-state index in [4.69, 9.17) is 9.84 Å². The van der Waals surface area contributed by atoms with Crippen LogP contribution in [-0.4, -0.2) is 16.6 Å². The fraction of sp³-hybridized carbons (Fsp3) is 0.500. The van der Waals surface area contributed by atoms with Crippen LogP contribution >= 0.6 is 11.5 Å². The van der Waals surface area contributed by atoms with Crippen LogP contribution in [-0.2, 0) is 0 Å². The Balaban J connectivity index is 2.78. The molecule has 0 saturated carbocycles. The van der Waals surface area contributed by atoms with Crippen LogP contribution in [0, 0.1) is 0 Å². The lowest BCUT2D eigenvalue weighted by Gasteiger charge is -1.94. The molecule has 4 heteroatoms. The maximum Gasteiger partial charge on any atom is 0.225 e. The lowest BCUT2D eigenvalue weighted by Crippen LogP contribution is -1.84. The Labute approximate surface area is 63.4 Å². The van der Waals surface area contributed by atoms with E-state index in [1.54, 1.807) is 20.1 Å². The molecule has 0 aliphatic carbocycles. The van der Waals surface area contributed by atoms with Crippen molar-refractivity contribution in [3.8, 4) is 5.88 Å². The molecule has 0 spiro atoms. The fourth-order valence-electron chi connectivity index (χ4n) is 0.565. The molecule has 0 aliphatic heterocycles. The van der Waals surface area contributed by atoms with Gasteiger partial charge in [0.1, 0.15) is 0 Å². The molecule has 1 aromatic rings. The van der Waals surface area contributed by atoms with Gasteiger partial charge in [-0.1, -0.05) is 0 Å². The van der Waals surface area contributed by atoms with Gasteiger partial charge in [-0.25, -0.2) is 0 Å². The lowest BCUT2D eigenvalue weighted by atomic mass is 10.3. The van der Waals surface area contributed by atoms with Crippen LogP contribution in [0.4, 0.5) is 0 Å². The van der Waals surface area contributed by atoms with Gasteiger partial charge in [-0.3, -0.25) is 0 Å². The number of aromatic nitrogens is 1. The van der Waals surface area contributed by atoms with Gasteiger partial charge >= 0.3 is 0 Å². The van der Waals surface area contributed by atoms with Gasteiger partial charge in [0, 0.05) is 6.07 Å². The molecule has 56 valence electrons. The van der Waals surface area contributed by atoms with E-state index in [9.17, 15) is 0 Å². The van der Waals surface area contributed by atoms with Gasteiger partial charge in [-0.15, -0.1) is 0 Å². The molecular formula is C6H9NO2S. The largest absolute Gasteiger partial charge is 0.480 e.